The van der Waals surface area contributed by atoms with E-state index in [2.05, 4.69) is 47.7 Å². The third kappa shape index (κ3) is 2.34. The van der Waals surface area contributed by atoms with Crippen LogP contribution in [-0.4, -0.2) is 27.1 Å². The van der Waals surface area contributed by atoms with Gasteiger partial charge in [0.1, 0.15) is 0 Å². The van der Waals surface area contributed by atoms with Gasteiger partial charge in [-0.25, -0.2) is 0 Å². The summed E-state index contributed by atoms with van der Waals surface area (Å²) in [5.74, 6) is 2.10. The Hall–Kier alpha value is 0.137. The van der Waals surface area contributed by atoms with Crippen LogP contribution in [0, 0.1) is 17.8 Å². The Morgan fingerprint density at radius 3 is 2.06 bits per heavy atom. The van der Waals surface area contributed by atoms with Crippen LogP contribution in [0.25, 0.3) is 0 Å². The van der Waals surface area contributed by atoms with Crippen molar-refractivity contribution in [1.29, 1.82) is 0 Å². The fraction of sp³-hybridized carbons (Fsp3) is 1.00. The highest BCUT2D eigenvalue weighted by molar-refractivity contribution is 6.74. The molecule has 3 heteroatoms. The van der Waals surface area contributed by atoms with Gasteiger partial charge in [-0.05, 0) is 30.0 Å². The summed E-state index contributed by atoms with van der Waals surface area (Å²) in [6.45, 7) is 17.2. The molecule has 0 spiro atoms. The summed E-state index contributed by atoms with van der Waals surface area (Å²) < 4.78 is 12.1. The predicted octanol–water partition coefficient (Wildman–Crippen LogP) is 3.68. The normalized spacial score (nSPS) is 41.5. The van der Waals surface area contributed by atoms with Gasteiger partial charge in [-0.15, -0.1) is 0 Å². The standard InChI is InChI=1S/C14H28O2Si/c1-9-10(2)12-13(16-12)11(9)8-15-17(6,7)14(3,4)5/h9-13H,8H2,1-7H3/t9-,10?,11+,12?,13?/m1/s1. The van der Waals surface area contributed by atoms with Crippen molar-refractivity contribution in [3.63, 3.8) is 0 Å². The van der Waals surface area contributed by atoms with Crippen molar-refractivity contribution in [2.45, 2.75) is 65.0 Å². The Morgan fingerprint density at radius 2 is 1.65 bits per heavy atom. The molecule has 1 saturated carbocycles. The monoisotopic (exact) mass is 256 g/mol. The summed E-state index contributed by atoms with van der Waals surface area (Å²) in [6.07, 6.45) is 1.04. The van der Waals surface area contributed by atoms with E-state index < -0.39 is 8.32 Å². The number of epoxide rings is 1. The first-order valence-corrected chi connectivity index (χ1v) is 9.85. The summed E-state index contributed by atoms with van der Waals surface area (Å²) in [6, 6.07) is 0. The fourth-order valence-corrected chi connectivity index (χ4v) is 3.70. The zero-order chi connectivity index (χ0) is 13.0. The minimum absolute atomic E-state index is 0.310. The van der Waals surface area contributed by atoms with Crippen LogP contribution in [0.3, 0.4) is 0 Å². The van der Waals surface area contributed by atoms with Gasteiger partial charge in [-0.3, -0.25) is 0 Å². The van der Waals surface area contributed by atoms with Crippen LogP contribution in [0.4, 0.5) is 0 Å². The molecule has 0 radical (unpaired) electrons. The van der Waals surface area contributed by atoms with Crippen LogP contribution in [0.2, 0.25) is 18.1 Å². The van der Waals surface area contributed by atoms with Gasteiger partial charge in [0.25, 0.3) is 0 Å². The van der Waals surface area contributed by atoms with Crippen molar-refractivity contribution in [3.8, 4) is 0 Å². The van der Waals surface area contributed by atoms with E-state index in [-0.39, 0.29) is 0 Å². The number of rotatable bonds is 3. The first-order valence-electron chi connectivity index (χ1n) is 6.94. The Balaban J connectivity index is 1.91. The number of hydrogen-bond acceptors (Lipinski definition) is 2. The summed E-state index contributed by atoms with van der Waals surface area (Å²) in [7, 11) is -1.59. The average Bonchev–Trinajstić information content (AvgIpc) is 2.90. The largest absolute Gasteiger partial charge is 0.416 e. The van der Waals surface area contributed by atoms with Crippen molar-refractivity contribution in [2.24, 2.45) is 17.8 Å². The third-order valence-electron chi connectivity index (χ3n) is 5.45. The molecule has 5 atom stereocenters. The van der Waals surface area contributed by atoms with Gasteiger partial charge in [0.05, 0.1) is 12.2 Å². The Labute approximate surface area is 107 Å². The highest BCUT2D eigenvalue weighted by Gasteiger charge is 2.58. The van der Waals surface area contributed by atoms with Gasteiger partial charge in [-0.2, -0.15) is 0 Å². The lowest BCUT2D eigenvalue weighted by atomic mass is 9.92. The first kappa shape index (κ1) is 13.6. The third-order valence-corrected chi connectivity index (χ3v) is 9.95. The molecule has 2 aliphatic rings. The topological polar surface area (TPSA) is 21.8 Å². The van der Waals surface area contributed by atoms with Crippen molar-refractivity contribution >= 4 is 8.32 Å². The maximum absolute atomic E-state index is 6.35. The number of ether oxygens (including phenoxy) is 1. The molecule has 2 nitrogen and oxygen atoms in total. The summed E-state index contributed by atoms with van der Waals surface area (Å²) in [5.41, 5.74) is 0. The van der Waals surface area contributed by atoms with Crippen LogP contribution in [0.1, 0.15) is 34.6 Å². The van der Waals surface area contributed by atoms with Gasteiger partial charge in [0.15, 0.2) is 8.32 Å². The number of hydrogen-bond donors (Lipinski definition) is 0. The van der Waals surface area contributed by atoms with Crippen molar-refractivity contribution < 1.29 is 9.16 Å². The Bertz CT molecular complexity index is 295. The SMILES string of the molecule is CC1C2OC2[C@@H](CO[Si](C)(C)C(C)(C)C)[C@@H]1C. The van der Waals surface area contributed by atoms with Crippen LogP contribution < -0.4 is 0 Å². The first-order chi connectivity index (χ1) is 7.65. The van der Waals surface area contributed by atoms with Crippen molar-refractivity contribution in [3.05, 3.63) is 0 Å². The smallest absolute Gasteiger partial charge is 0.191 e. The molecule has 0 aromatic heterocycles. The van der Waals surface area contributed by atoms with Gasteiger partial charge in [-0.1, -0.05) is 34.6 Å². The predicted molar refractivity (Wildman–Crippen MR) is 73.6 cm³/mol. The molecule has 100 valence electrons. The molecule has 0 amide bonds. The molecule has 2 rings (SSSR count). The summed E-state index contributed by atoms with van der Waals surface area (Å²) >= 11 is 0. The van der Waals surface area contributed by atoms with E-state index >= 15 is 0 Å². The zero-order valence-electron chi connectivity index (χ0n) is 12.4. The van der Waals surface area contributed by atoms with Crippen LogP contribution in [0.5, 0.6) is 0 Å². The molecule has 1 saturated heterocycles. The van der Waals surface area contributed by atoms with E-state index in [9.17, 15) is 0 Å². The minimum atomic E-state index is -1.59. The molecule has 0 bridgehead atoms. The van der Waals surface area contributed by atoms with Crippen LogP contribution in [-0.2, 0) is 9.16 Å². The molecule has 3 unspecified atom stereocenters. The maximum Gasteiger partial charge on any atom is 0.191 e. The average molecular weight is 256 g/mol. The molecule has 1 aliphatic carbocycles. The van der Waals surface area contributed by atoms with E-state index in [1.165, 1.54) is 0 Å². The van der Waals surface area contributed by atoms with Gasteiger partial charge in [0.2, 0.25) is 0 Å². The molecular weight excluding hydrogens is 228 g/mol. The van der Waals surface area contributed by atoms with E-state index in [1.54, 1.807) is 0 Å². The van der Waals surface area contributed by atoms with E-state index in [0.29, 0.717) is 29.1 Å². The molecule has 1 heterocycles. The Kier molecular flexibility index (Phi) is 3.25. The van der Waals surface area contributed by atoms with Crippen LogP contribution >= 0.6 is 0 Å². The van der Waals surface area contributed by atoms with Crippen molar-refractivity contribution in [1.82, 2.24) is 0 Å². The quantitative estimate of drug-likeness (QED) is 0.567. The second-order valence-corrected chi connectivity index (χ2v) is 12.3. The lowest BCUT2D eigenvalue weighted by Gasteiger charge is -2.37. The Morgan fingerprint density at radius 1 is 1.06 bits per heavy atom. The maximum atomic E-state index is 6.35. The molecular formula is C14H28O2Si. The highest BCUT2D eigenvalue weighted by atomic mass is 28.4. The van der Waals surface area contributed by atoms with Gasteiger partial charge in [0, 0.05) is 12.5 Å². The fourth-order valence-electron chi connectivity index (χ4n) is 2.66. The van der Waals surface area contributed by atoms with Crippen molar-refractivity contribution in [2.75, 3.05) is 6.61 Å². The number of fused-ring (bicyclic) bond motifs is 1. The lowest BCUT2D eigenvalue weighted by Crippen LogP contribution is -2.42. The van der Waals surface area contributed by atoms with Crippen LogP contribution in [0.15, 0.2) is 0 Å². The van der Waals surface area contributed by atoms with Gasteiger partial charge >= 0.3 is 0 Å². The summed E-state index contributed by atoms with van der Waals surface area (Å²) in [4.78, 5) is 0. The van der Waals surface area contributed by atoms with E-state index in [4.69, 9.17) is 9.16 Å². The summed E-state index contributed by atoms with van der Waals surface area (Å²) in [5, 5.41) is 0.310. The molecule has 0 aromatic carbocycles. The second-order valence-electron chi connectivity index (χ2n) is 7.52. The molecule has 0 N–H and O–H groups in total. The zero-order valence-corrected chi connectivity index (χ0v) is 13.4. The molecule has 0 aromatic rings. The van der Waals surface area contributed by atoms with E-state index in [0.717, 1.165) is 12.5 Å². The molecule has 2 fully saturated rings. The molecule has 1 aliphatic heterocycles. The lowest BCUT2D eigenvalue weighted by molar-refractivity contribution is 0.112. The highest BCUT2D eigenvalue weighted by Crippen LogP contribution is 2.51. The van der Waals surface area contributed by atoms with Gasteiger partial charge < -0.3 is 9.16 Å². The van der Waals surface area contributed by atoms with E-state index in [1.807, 2.05) is 0 Å². The second kappa shape index (κ2) is 4.07. The minimum Gasteiger partial charge on any atom is -0.416 e. The molecule has 17 heavy (non-hydrogen) atoms.